The van der Waals surface area contributed by atoms with Crippen molar-refractivity contribution in [3.8, 4) is 6.07 Å². The summed E-state index contributed by atoms with van der Waals surface area (Å²) in [5, 5.41) is 8.74. The van der Waals surface area contributed by atoms with E-state index in [4.69, 9.17) is 5.26 Å². The fraction of sp³-hybridized carbons (Fsp3) is 0.385. The maximum absolute atomic E-state index is 11.8. The van der Waals surface area contributed by atoms with Crippen LogP contribution in [-0.4, -0.2) is 27.2 Å². The van der Waals surface area contributed by atoms with Gasteiger partial charge in [-0.3, -0.25) is 4.79 Å². The van der Waals surface area contributed by atoms with Gasteiger partial charge in [-0.05, 0) is 24.1 Å². The predicted molar refractivity (Wildman–Crippen MR) is 69.9 cm³/mol. The average molecular weight is 281 g/mol. The largest absolute Gasteiger partial charge is 0.469 e. The van der Waals surface area contributed by atoms with Crippen LogP contribution < -0.4 is 0 Å². The number of carbonyl (C=O) groups is 1. The van der Waals surface area contributed by atoms with Crippen molar-refractivity contribution in [2.45, 2.75) is 18.6 Å². The second-order valence-electron chi connectivity index (χ2n) is 4.08. The van der Waals surface area contributed by atoms with Crippen molar-refractivity contribution in [2.75, 3.05) is 12.9 Å². The number of ether oxygens (including phenoxy) is 1. The summed E-state index contributed by atoms with van der Waals surface area (Å²) in [4.78, 5) is 10.9. The molecular weight excluding hydrogens is 266 g/mol. The summed E-state index contributed by atoms with van der Waals surface area (Å²) >= 11 is 0. The Balaban J connectivity index is 2.59. The first kappa shape index (κ1) is 15.2. The highest BCUT2D eigenvalue weighted by atomic mass is 32.2. The highest BCUT2D eigenvalue weighted by Gasteiger charge is 2.13. The standard InChI is InChI=1S/C13H15NO4S/c1-18-13(15)6-3-7-19(16,17)10-12-5-2-4-11(8-12)9-14/h2,4-5,8H,3,6-7,10H2,1H3. The van der Waals surface area contributed by atoms with Crippen LogP contribution in [0, 0.1) is 11.3 Å². The molecule has 0 saturated heterocycles. The van der Waals surface area contributed by atoms with Gasteiger partial charge < -0.3 is 4.74 Å². The maximum atomic E-state index is 11.8. The highest BCUT2D eigenvalue weighted by Crippen LogP contribution is 2.10. The molecule has 0 fully saturated rings. The second kappa shape index (κ2) is 6.90. The number of methoxy groups -OCH3 is 1. The summed E-state index contributed by atoms with van der Waals surface area (Å²) in [6.07, 6.45) is 0.334. The fourth-order valence-electron chi connectivity index (χ4n) is 1.60. The molecule has 102 valence electrons. The lowest BCUT2D eigenvalue weighted by atomic mass is 10.2. The van der Waals surface area contributed by atoms with Gasteiger partial charge in [0.25, 0.3) is 0 Å². The molecule has 0 radical (unpaired) electrons. The van der Waals surface area contributed by atoms with Crippen molar-refractivity contribution in [2.24, 2.45) is 0 Å². The molecule has 0 unspecified atom stereocenters. The van der Waals surface area contributed by atoms with E-state index in [0.29, 0.717) is 11.1 Å². The number of nitriles is 1. The van der Waals surface area contributed by atoms with E-state index in [1.54, 1.807) is 24.3 Å². The van der Waals surface area contributed by atoms with Crippen LogP contribution in [0.4, 0.5) is 0 Å². The van der Waals surface area contributed by atoms with E-state index in [1.165, 1.54) is 7.11 Å². The summed E-state index contributed by atoms with van der Waals surface area (Å²) < 4.78 is 28.1. The third-order valence-corrected chi connectivity index (χ3v) is 4.19. The summed E-state index contributed by atoms with van der Waals surface area (Å²) in [6.45, 7) is 0. The molecule has 0 aliphatic rings. The first-order chi connectivity index (χ1) is 8.96. The van der Waals surface area contributed by atoms with Crippen molar-refractivity contribution in [1.82, 2.24) is 0 Å². The Labute approximate surface area is 112 Å². The van der Waals surface area contributed by atoms with E-state index in [-0.39, 0.29) is 24.3 Å². The van der Waals surface area contributed by atoms with Gasteiger partial charge in [-0.25, -0.2) is 8.42 Å². The third kappa shape index (κ3) is 5.53. The first-order valence-electron chi connectivity index (χ1n) is 5.73. The first-order valence-corrected chi connectivity index (χ1v) is 7.55. The van der Waals surface area contributed by atoms with Gasteiger partial charge in [0.15, 0.2) is 9.84 Å². The average Bonchev–Trinajstić information content (AvgIpc) is 2.37. The van der Waals surface area contributed by atoms with Crippen LogP contribution in [0.5, 0.6) is 0 Å². The van der Waals surface area contributed by atoms with Crippen LogP contribution in [-0.2, 0) is 25.1 Å². The van der Waals surface area contributed by atoms with E-state index >= 15 is 0 Å². The zero-order valence-electron chi connectivity index (χ0n) is 10.6. The van der Waals surface area contributed by atoms with Gasteiger partial charge in [0.2, 0.25) is 0 Å². The molecule has 0 bridgehead atoms. The minimum atomic E-state index is -3.28. The number of sulfone groups is 1. The summed E-state index contributed by atoms with van der Waals surface area (Å²) in [7, 11) is -2.01. The Morgan fingerprint density at radius 2 is 2.16 bits per heavy atom. The fourth-order valence-corrected chi connectivity index (χ4v) is 3.01. The van der Waals surface area contributed by atoms with Crippen LogP contribution in [0.1, 0.15) is 24.0 Å². The normalized spacial score (nSPS) is 10.7. The van der Waals surface area contributed by atoms with Crippen molar-refractivity contribution in [3.05, 3.63) is 35.4 Å². The van der Waals surface area contributed by atoms with Gasteiger partial charge in [0, 0.05) is 6.42 Å². The highest BCUT2D eigenvalue weighted by molar-refractivity contribution is 7.90. The molecular formula is C13H15NO4S. The molecule has 1 rings (SSSR count). The molecule has 1 aromatic rings. The minimum absolute atomic E-state index is 0.0706. The zero-order chi connectivity index (χ0) is 14.3. The van der Waals surface area contributed by atoms with Gasteiger partial charge in [-0.2, -0.15) is 5.26 Å². The molecule has 0 amide bonds. The lowest BCUT2D eigenvalue weighted by Gasteiger charge is -2.04. The summed E-state index contributed by atoms with van der Waals surface area (Å²) in [5.41, 5.74) is 1.01. The molecule has 0 N–H and O–H groups in total. The molecule has 0 atom stereocenters. The number of benzene rings is 1. The Morgan fingerprint density at radius 3 is 2.79 bits per heavy atom. The molecule has 6 heteroatoms. The van der Waals surface area contributed by atoms with Gasteiger partial charge >= 0.3 is 5.97 Å². The van der Waals surface area contributed by atoms with Gasteiger partial charge in [0.1, 0.15) is 0 Å². The second-order valence-corrected chi connectivity index (χ2v) is 6.27. The van der Waals surface area contributed by atoms with E-state index in [9.17, 15) is 13.2 Å². The molecule has 0 heterocycles. The number of esters is 1. The molecule has 0 aliphatic carbocycles. The minimum Gasteiger partial charge on any atom is -0.469 e. The Hall–Kier alpha value is -1.87. The van der Waals surface area contributed by atoms with Crippen molar-refractivity contribution in [3.63, 3.8) is 0 Å². The van der Waals surface area contributed by atoms with Crippen molar-refractivity contribution < 1.29 is 17.9 Å². The zero-order valence-corrected chi connectivity index (χ0v) is 11.4. The Kier molecular flexibility index (Phi) is 5.52. The number of hydrogen-bond acceptors (Lipinski definition) is 5. The lowest BCUT2D eigenvalue weighted by Crippen LogP contribution is -2.11. The molecule has 0 saturated carbocycles. The molecule has 0 aromatic heterocycles. The van der Waals surface area contributed by atoms with Crippen molar-refractivity contribution >= 4 is 15.8 Å². The smallest absolute Gasteiger partial charge is 0.305 e. The SMILES string of the molecule is COC(=O)CCCS(=O)(=O)Cc1cccc(C#N)c1. The molecule has 1 aromatic carbocycles. The molecule has 0 aliphatic heterocycles. The Bertz CT molecular complexity index is 587. The summed E-state index contributed by atoms with van der Waals surface area (Å²) in [5.74, 6) is -0.607. The molecule has 5 nitrogen and oxygen atoms in total. The van der Waals surface area contributed by atoms with E-state index < -0.39 is 15.8 Å². The van der Waals surface area contributed by atoms with Crippen LogP contribution >= 0.6 is 0 Å². The quantitative estimate of drug-likeness (QED) is 0.736. The third-order valence-electron chi connectivity index (χ3n) is 2.51. The van der Waals surface area contributed by atoms with Gasteiger partial charge in [-0.15, -0.1) is 0 Å². The maximum Gasteiger partial charge on any atom is 0.305 e. The number of nitrogens with zero attached hydrogens (tertiary/aromatic N) is 1. The van der Waals surface area contributed by atoms with Crippen LogP contribution in [0.25, 0.3) is 0 Å². The van der Waals surface area contributed by atoms with Crippen LogP contribution in [0.15, 0.2) is 24.3 Å². The van der Waals surface area contributed by atoms with E-state index in [1.807, 2.05) is 6.07 Å². The summed E-state index contributed by atoms with van der Waals surface area (Å²) in [6, 6.07) is 8.45. The predicted octanol–water partition coefficient (Wildman–Crippen LogP) is 1.43. The topological polar surface area (TPSA) is 84.2 Å². The van der Waals surface area contributed by atoms with Gasteiger partial charge in [0.05, 0.1) is 30.2 Å². The molecule has 19 heavy (non-hydrogen) atoms. The van der Waals surface area contributed by atoms with E-state index in [2.05, 4.69) is 4.74 Å². The van der Waals surface area contributed by atoms with E-state index in [0.717, 1.165) is 0 Å². The number of hydrogen-bond donors (Lipinski definition) is 0. The van der Waals surface area contributed by atoms with Crippen LogP contribution in [0.2, 0.25) is 0 Å². The lowest BCUT2D eigenvalue weighted by molar-refractivity contribution is -0.140. The Morgan fingerprint density at radius 1 is 1.42 bits per heavy atom. The van der Waals surface area contributed by atoms with Crippen molar-refractivity contribution in [1.29, 1.82) is 5.26 Å². The van der Waals surface area contributed by atoms with Crippen LogP contribution in [0.3, 0.4) is 0 Å². The van der Waals surface area contributed by atoms with Gasteiger partial charge in [-0.1, -0.05) is 12.1 Å². The monoisotopic (exact) mass is 281 g/mol. The molecule has 0 spiro atoms. The number of rotatable bonds is 6. The number of carbonyl (C=O) groups excluding carboxylic acids is 1.